The summed E-state index contributed by atoms with van der Waals surface area (Å²) >= 11 is 0. The highest BCUT2D eigenvalue weighted by Crippen LogP contribution is 2.29. The average molecular weight is 460 g/mol. The van der Waals surface area contributed by atoms with Crippen LogP contribution in [0.4, 0.5) is 0 Å². The van der Waals surface area contributed by atoms with E-state index < -0.39 is 0 Å². The van der Waals surface area contributed by atoms with Gasteiger partial charge in [-0.25, -0.2) is 0 Å². The van der Waals surface area contributed by atoms with Gasteiger partial charge in [-0.3, -0.25) is 29.7 Å². The minimum atomic E-state index is -0.112. The van der Waals surface area contributed by atoms with Crippen molar-refractivity contribution in [2.45, 2.75) is 26.3 Å². The van der Waals surface area contributed by atoms with Crippen molar-refractivity contribution in [1.29, 1.82) is 0 Å². The molecule has 1 aromatic carbocycles. The fraction of sp³-hybridized carbons (Fsp3) is 0.480. The number of amides is 1. The average Bonchev–Trinajstić information content (AvgIpc) is 3.24. The summed E-state index contributed by atoms with van der Waals surface area (Å²) in [5, 5.41) is 9.82. The lowest BCUT2D eigenvalue weighted by Crippen LogP contribution is -2.50. The summed E-state index contributed by atoms with van der Waals surface area (Å²) in [7, 11) is 0. The van der Waals surface area contributed by atoms with Crippen molar-refractivity contribution in [3.8, 4) is 0 Å². The molecule has 1 N–H and O–H groups in total. The van der Waals surface area contributed by atoms with Crippen LogP contribution in [0.3, 0.4) is 0 Å². The van der Waals surface area contributed by atoms with Gasteiger partial charge in [-0.15, -0.1) is 0 Å². The molecule has 0 radical (unpaired) electrons. The van der Waals surface area contributed by atoms with E-state index in [1.54, 1.807) is 18.6 Å². The molecule has 2 fully saturated rings. The summed E-state index contributed by atoms with van der Waals surface area (Å²) in [6.45, 7) is 7.01. The lowest BCUT2D eigenvalue weighted by molar-refractivity contribution is -0.118. The van der Waals surface area contributed by atoms with Crippen LogP contribution < -0.4 is 5.32 Å². The molecule has 0 bridgehead atoms. The van der Waals surface area contributed by atoms with Crippen molar-refractivity contribution in [2.24, 2.45) is 27.8 Å². The Kier molecular flexibility index (Phi) is 5.58. The molecule has 34 heavy (non-hydrogen) atoms. The second-order valence-corrected chi connectivity index (χ2v) is 9.68. The zero-order chi connectivity index (χ0) is 23.1. The van der Waals surface area contributed by atoms with Crippen LogP contribution in [0.5, 0.6) is 0 Å². The Morgan fingerprint density at radius 1 is 1.12 bits per heavy atom. The molecule has 2 atom stereocenters. The number of aromatic nitrogens is 2. The van der Waals surface area contributed by atoms with E-state index in [0.717, 1.165) is 68.3 Å². The van der Waals surface area contributed by atoms with Crippen molar-refractivity contribution >= 4 is 28.5 Å². The minimum Gasteiger partial charge on any atom is -0.381 e. The standard InChI is InChI=1S/C25H29N7O2/c1-16-12-31(13-17-2-3-20-21(10-17)27-7-6-26-20)14-19(16)24-29-25(33)23-11-28-22(15-32(23)30-24)18-4-8-34-9-5-18/h2-3,6-7,10-11,16,18-19H,4-5,8-9,12-15H2,1H3,(H,29,30,33). The topological polar surface area (TPSA) is 95.3 Å². The summed E-state index contributed by atoms with van der Waals surface area (Å²) in [6, 6.07) is 6.26. The van der Waals surface area contributed by atoms with Crippen LogP contribution in [0.1, 0.15) is 25.3 Å². The van der Waals surface area contributed by atoms with E-state index in [9.17, 15) is 4.79 Å². The summed E-state index contributed by atoms with van der Waals surface area (Å²) in [4.78, 5) is 28.7. The summed E-state index contributed by atoms with van der Waals surface area (Å²) < 4.78 is 5.50. The van der Waals surface area contributed by atoms with Crippen molar-refractivity contribution in [3.05, 3.63) is 48.1 Å². The second-order valence-electron chi connectivity index (χ2n) is 9.68. The first kappa shape index (κ1) is 21.4. The molecular formula is C25H29N7O2. The lowest BCUT2D eigenvalue weighted by Gasteiger charge is -2.34. The molecular weight excluding hydrogens is 430 g/mol. The second kappa shape index (κ2) is 8.88. The third kappa shape index (κ3) is 4.10. The van der Waals surface area contributed by atoms with Gasteiger partial charge in [0, 0.05) is 62.8 Å². The Labute approximate surface area is 198 Å². The Bertz CT molecular complexity index is 1200. The van der Waals surface area contributed by atoms with Gasteiger partial charge in [0.15, 0.2) is 0 Å². The van der Waals surface area contributed by atoms with E-state index in [1.807, 2.05) is 11.1 Å². The van der Waals surface area contributed by atoms with Crippen LogP contribution in [0, 0.1) is 17.8 Å². The third-order valence-corrected chi connectivity index (χ3v) is 7.32. The number of likely N-dealkylation sites (tertiary alicyclic amines) is 1. The maximum absolute atomic E-state index is 12.9. The normalized spacial score (nSPS) is 26.1. The van der Waals surface area contributed by atoms with E-state index in [-0.39, 0.29) is 11.8 Å². The van der Waals surface area contributed by atoms with Crippen LogP contribution in [-0.4, -0.2) is 70.2 Å². The third-order valence-electron chi connectivity index (χ3n) is 7.32. The molecule has 0 spiro atoms. The fourth-order valence-electron chi connectivity index (χ4n) is 5.44. The molecule has 5 heterocycles. The summed E-state index contributed by atoms with van der Waals surface area (Å²) in [5.74, 6) is 1.63. The van der Waals surface area contributed by atoms with Gasteiger partial charge < -0.3 is 10.1 Å². The highest BCUT2D eigenvalue weighted by Gasteiger charge is 2.38. The van der Waals surface area contributed by atoms with Gasteiger partial charge in [0.2, 0.25) is 0 Å². The number of fused-ring (bicyclic) bond motifs is 2. The van der Waals surface area contributed by atoms with Gasteiger partial charge in [-0.05, 0) is 36.5 Å². The van der Waals surface area contributed by atoms with E-state index >= 15 is 0 Å². The molecule has 2 saturated heterocycles. The van der Waals surface area contributed by atoms with E-state index in [1.165, 1.54) is 5.56 Å². The Morgan fingerprint density at radius 2 is 1.94 bits per heavy atom. The van der Waals surface area contributed by atoms with Crippen LogP contribution in [-0.2, 0) is 16.1 Å². The zero-order valence-electron chi connectivity index (χ0n) is 19.4. The maximum Gasteiger partial charge on any atom is 0.276 e. The first-order valence-corrected chi connectivity index (χ1v) is 12.1. The Morgan fingerprint density at radius 3 is 2.79 bits per heavy atom. The number of ether oxygens (including phenoxy) is 1. The zero-order valence-corrected chi connectivity index (χ0v) is 19.4. The molecule has 4 aliphatic rings. The number of hydrogen-bond acceptors (Lipinski definition) is 8. The Hall–Kier alpha value is -3.17. The molecule has 1 aromatic heterocycles. The van der Waals surface area contributed by atoms with E-state index in [4.69, 9.17) is 9.84 Å². The van der Waals surface area contributed by atoms with E-state index in [2.05, 4.69) is 44.2 Å². The highest BCUT2D eigenvalue weighted by atomic mass is 16.5. The first-order valence-electron chi connectivity index (χ1n) is 12.1. The number of hydrazone groups is 1. The fourth-order valence-corrected chi connectivity index (χ4v) is 5.44. The number of carbonyl (C=O) groups is 1. The van der Waals surface area contributed by atoms with Crippen molar-refractivity contribution < 1.29 is 9.53 Å². The molecule has 2 unspecified atom stereocenters. The predicted molar refractivity (Wildman–Crippen MR) is 129 cm³/mol. The van der Waals surface area contributed by atoms with Crippen molar-refractivity contribution in [3.63, 3.8) is 0 Å². The van der Waals surface area contributed by atoms with Gasteiger partial charge in [-0.2, -0.15) is 5.10 Å². The largest absolute Gasteiger partial charge is 0.381 e. The molecule has 6 rings (SSSR count). The van der Waals surface area contributed by atoms with Crippen LogP contribution in [0.15, 0.2) is 52.6 Å². The number of amidine groups is 1. The number of nitrogens with zero attached hydrogens (tertiary/aromatic N) is 6. The SMILES string of the molecule is CC1CN(Cc2ccc3nccnc3c2)CC1C1=NN2CC(C3CCOCC3)=NC=C2C(=O)N1. The van der Waals surface area contributed by atoms with Crippen LogP contribution in [0.2, 0.25) is 0 Å². The maximum atomic E-state index is 12.9. The van der Waals surface area contributed by atoms with Crippen LogP contribution >= 0.6 is 0 Å². The number of aliphatic imine (C=N–C) groups is 1. The van der Waals surface area contributed by atoms with Crippen molar-refractivity contribution in [2.75, 3.05) is 32.8 Å². The van der Waals surface area contributed by atoms with Gasteiger partial charge in [0.1, 0.15) is 11.5 Å². The molecule has 0 aliphatic carbocycles. The van der Waals surface area contributed by atoms with Crippen molar-refractivity contribution in [1.82, 2.24) is 25.2 Å². The molecule has 9 nitrogen and oxygen atoms in total. The van der Waals surface area contributed by atoms with Gasteiger partial charge in [0.05, 0.1) is 23.8 Å². The predicted octanol–water partition coefficient (Wildman–Crippen LogP) is 2.17. The molecule has 4 aliphatic heterocycles. The Balaban J connectivity index is 1.16. The molecule has 1 amide bonds. The first-order chi connectivity index (χ1) is 16.6. The van der Waals surface area contributed by atoms with E-state index in [0.29, 0.717) is 24.1 Å². The monoisotopic (exact) mass is 459 g/mol. The molecule has 176 valence electrons. The molecule has 9 heteroatoms. The number of carbonyl (C=O) groups excluding carboxylic acids is 1. The quantitative estimate of drug-likeness (QED) is 0.753. The number of rotatable bonds is 4. The number of nitrogens with one attached hydrogen (secondary N) is 1. The van der Waals surface area contributed by atoms with Crippen LogP contribution in [0.25, 0.3) is 11.0 Å². The smallest absolute Gasteiger partial charge is 0.276 e. The molecule has 0 saturated carbocycles. The van der Waals surface area contributed by atoms with Gasteiger partial charge in [0.25, 0.3) is 5.91 Å². The minimum absolute atomic E-state index is 0.112. The summed E-state index contributed by atoms with van der Waals surface area (Å²) in [6.07, 6.45) is 7.08. The van der Waals surface area contributed by atoms with Gasteiger partial charge >= 0.3 is 0 Å². The van der Waals surface area contributed by atoms with Gasteiger partial charge in [-0.1, -0.05) is 13.0 Å². The summed E-state index contributed by atoms with van der Waals surface area (Å²) in [5.41, 5.74) is 4.67. The highest BCUT2D eigenvalue weighted by molar-refractivity contribution is 6.09. The number of hydrogen-bond donors (Lipinski definition) is 1. The molecule has 2 aromatic rings. The number of benzene rings is 1. The lowest BCUT2D eigenvalue weighted by atomic mass is 9.93.